The van der Waals surface area contributed by atoms with Gasteiger partial charge in [0.1, 0.15) is 5.76 Å². The number of likely N-dealkylation sites (tertiary alicyclic amines) is 1. The van der Waals surface area contributed by atoms with Crippen molar-refractivity contribution in [2.45, 2.75) is 32.2 Å². The zero-order valence-corrected chi connectivity index (χ0v) is 17.0. The minimum atomic E-state index is 0. The Bertz CT molecular complexity index is 649. The van der Waals surface area contributed by atoms with Crippen molar-refractivity contribution in [3.05, 3.63) is 54.0 Å². The molecule has 1 aliphatic rings. The number of hydrogen-bond acceptors (Lipinski definition) is 3. The largest absolute Gasteiger partial charge is 0.468 e. The molecule has 0 aliphatic carbocycles. The molecule has 0 amide bonds. The number of guanidine groups is 1. The maximum atomic E-state index is 6.06. The van der Waals surface area contributed by atoms with Crippen LogP contribution in [0.25, 0.3) is 0 Å². The molecule has 25 heavy (non-hydrogen) atoms. The van der Waals surface area contributed by atoms with E-state index >= 15 is 0 Å². The van der Waals surface area contributed by atoms with Crippen LogP contribution in [0.4, 0.5) is 5.69 Å². The zero-order chi connectivity index (χ0) is 16.8. The Hall–Kier alpha value is -1.54. The van der Waals surface area contributed by atoms with Crippen LogP contribution in [0.15, 0.2) is 52.1 Å². The van der Waals surface area contributed by atoms with Gasteiger partial charge in [-0.05, 0) is 57.1 Å². The molecule has 0 saturated carbocycles. The van der Waals surface area contributed by atoms with Crippen LogP contribution >= 0.6 is 24.0 Å². The van der Waals surface area contributed by atoms with Crippen molar-refractivity contribution >= 4 is 35.6 Å². The van der Waals surface area contributed by atoms with Gasteiger partial charge in [-0.2, -0.15) is 0 Å². The minimum Gasteiger partial charge on any atom is -0.468 e. The number of nitrogens with two attached hydrogens (primary N) is 1. The summed E-state index contributed by atoms with van der Waals surface area (Å²) >= 11 is 0. The second-order valence-corrected chi connectivity index (χ2v) is 6.34. The van der Waals surface area contributed by atoms with Crippen molar-refractivity contribution in [2.24, 2.45) is 10.7 Å². The number of aliphatic imine (C=N–C) groups is 1. The molecule has 1 aromatic carbocycles. The highest BCUT2D eigenvalue weighted by atomic mass is 127. The van der Waals surface area contributed by atoms with Crippen molar-refractivity contribution in [3.8, 4) is 0 Å². The summed E-state index contributed by atoms with van der Waals surface area (Å²) in [7, 11) is 0. The van der Waals surface area contributed by atoms with Gasteiger partial charge in [-0.15, -0.1) is 24.0 Å². The third-order valence-corrected chi connectivity index (χ3v) is 4.46. The van der Waals surface area contributed by atoms with Gasteiger partial charge in [-0.3, -0.25) is 9.89 Å². The topological polar surface area (TPSA) is 66.8 Å². The lowest BCUT2D eigenvalue weighted by molar-refractivity contribution is 0.150. The lowest BCUT2D eigenvalue weighted by Gasteiger charge is -2.32. The molecule has 0 bridgehead atoms. The van der Waals surface area contributed by atoms with Crippen molar-refractivity contribution in [3.63, 3.8) is 0 Å². The Morgan fingerprint density at radius 1 is 1.20 bits per heavy atom. The van der Waals surface area contributed by atoms with Crippen LogP contribution in [0.5, 0.6) is 0 Å². The zero-order valence-electron chi connectivity index (χ0n) is 14.6. The second-order valence-electron chi connectivity index (χ2n) is 6.34. The molecule has 136 valence electrons. The van der Waals surface area contributed by atoms with Crippen LogP contribution in [-0.2, 0) is 0 Å². The highest BCUT2D eigenvalue weighted by molar-refractivity contribution is 14.0. The monoisotopic (exact) mass is 454 g/mol. The van der Waals surface area contributed by atoms with E-state index in [1.54, 1.807) is 6.26 Å². The van der Waals surface area contributed by atoms with Crippen molar-refractivity contribution in [1.29, 1.82) is 0 Å². The van der Waals surface area contributed by atoms with Crippen LogP contribution in [0.3, 0.4) is 0 Å². The first-order valence-electron chi connectivity index (χ1n) is 8.63. The highest BCUT2D eigenvalue weighted by Gasteiger charge is 2.24. The summed E-state index contributed by atoms with van der Waals surface area (Å²) in [5.41, 5.74) is 8.24. The summed E-state index contributed by atoms with van der Waals surface area (Å²) in [4.78, 5) is 7.00. The Labute approximate surface area is 166 Å². The van der Waals surface area contributed by atoms with E-state index in [-0.39, 0.29) is 30.0 Å². The van der Waals surface area contributed by atoms with Gasteiger partial charge in [0.2, 0.25) is 0 Å². The Morgan fingerprint density at radius 2 is 1.92 bits per heavy atom. The molecule has 1 fully saturated rings. The summed E-state index contributed by atoms with van der Waals surface area (Å²) in [5.74, 6) is 1.40. The summed E-state index contributed by atoms with van der Waals surface area (Å²) in [6.45, 7) is 4.84. The molecule has 3 N–H and O–H groups in total. The number of furan rings is 1. The molecular weight excluding hydrogens is 427 g/mol. The molecule has 3 rings (SSSR count). The number of benzene rings is 1. The van der Waals surface area contributed by atoms with Gasteiger partial charge in [0.15, 0.2) is 5.96 Å². The first kappa shape index (κ1) is 19.8. The number of halogens is 1. The maximum Gasteiger partial charge on any atom is 0.193 e. The van der Waals surface area contributed by atoms with Crippen LogP contribution in [0.2, 0.25) is 0 Å². The maximum absolute atomic E-state index is 6.06. The lowest BCUT2D eigenvalue weighted by Crippen LogP contribution is -2.36. The molecule has 1 atom stereocenters. The lowest BCUT2D eigenvalue weighted by atomic mass is 10.1. The molecule has 2 heterocycles. The van der Waals surface area contributed by atoms with Crippen LogP contribution in [0.1, 0.15) is 36.6 Å². The molecule has 0 spiro atoms. The summed E-state index contributed by atoms with van der Waals surface area (Å²) in [5, 5.41) is 3.15. The number of piperidine rings is 1. The minimum absolute atomic E-state index is 0. The predicted octanol–water partition coefficient (Wildman–Crippen LogP) is 4.16. The summed E-state index contributed by atoms with van der Waals surface area (Å²) in [6, 6.07) is 12.2. The SMILES string of the molecule is Cc1ccc(NC(N)=NCC(c2ccco2)N2CCCCC2)cc1.I. The Morgan fingerprint density at radius 3 is 2.56 bits per heavy atom. The number of hydrogen-bond donors (Lipinski definition) is 2. The van der Waals surface area contributed by atoms with Crippen LogP contribution in [0, 0.1) is 6.92 Å². The number of aryl methyl sites for hydroxylation is 1. The first-order chi connectivity index (χ1) is 11.7. The fourth-order valence-corrected chi connectivity index (χ4v) is 3.11. The molecule has 0 radical (unpaired) electrons. The average molecular weight is 454 g/mol. The normalized spacial score (nSPS) is 16.9. The molecule has 1 aliphatic heterocycles. The molecule has 5 nitrogen and oxygen atoms in total. The Balaban J connectivity index is 0.00000225. The van der Waals surface area contributed by atoms with E-state index in [2.05, 4.69) is 34.3 Å². The molecule has 6 heteroatoms. The van der Waals surface area contributed by atoms with Crippen molar-refractivity contribution < 1.29 is 4.42 Å². The molecule has 1 aromatic heterocycles. The van der Waals surface area contributed by atoms with Gasteiger partial charge in [0.25, 0.3) is 0 Å². The number of anilines is 1. The first-order valence-corrected chi connectivity index (χ1v) is 8.63. The van der Waals surface area contributed by atoms with Crippen LogP contribution in [-0.4, -0.2) is 30.5 Å². The number of nitrogens with one attached hydrogen (secondary N) is 1. The highest BCUT2D eigenvalue weighted by Crippen LogP contribution is 2.25. The molecule has 1 unspecified atom stereocenters. The molecule has 1 saturated heterocycles. The quantitative estimate of drug-likeness (QED) is 0.405. The average Bonchev–Trinajstić information content (AvgIpc) is 3.12. The predicted molar refractivity (Wildman–Crippen MR) is 114 cm³/mol. The van der Waals surface area contributed by atoms with E-state index in [9.17, 15) is 0 Å². The number of rotatable bonds is 5. The Kier molecular flexibility index (Phi) is 7.77. The van der Waals surface area contributed by atoms with Gasteiger partial charge in [-0.25, -0.2) is 0 Å². The van der Waals surface area contributed by atoms with Gasteiger partial charge in [0.05, 0.1) is 18.8 Å². The third-order valence-electron chi connectivity index (χ3n) is 4.46. The van der Waals surface area contributed by atoms with E-state index in [1.165, 1.54) is 24.8 Å². The fraction of sp³-hybridized carbons (Fsp3) is 0.421. The molecule has 2 aromatic rings. The molecular formula is C19H27IN4O. The third kappa shape index (κ3) is 5.74. The second kappa shape index (κ2) is 9.82. The van der Waals surface area contributed by atoms with E-state index in [1.807, 2.05) is 24.3 Å². The van der Waals surface area contributed by atoms with E-state index in [4.69, 9.17) is 10.2 Å². The van der Waals surface area contributed by atoms with Crippen molar-refractivity contribution in [2.75, 3.05) is 25.0 Å². The smallest absolute Gasteiger partial charge is 0.193 e. The van der Waals surface area contributed by atoms with E-state index in [0.29, 0.717) is 12.5 Å². The van der Waals surface area contributed by atoms with Crippen LogP contribution < -0.4 is 11.1 Å². The summed E-state index contributed by atoms with van der Waals surface area (Å²) < 4.78 is 5.64. The number of nitrogens with zero attached hydrogens (tertiary/aromatic N) is 2. The van der Waals surface area contributed by atoms with Gasteiger partial charge >= 0.3 is 0 Å². The van der Waals surface area contributed by atoms with Crippen molar-refractivity contribution in [1.82, 2.24) is 4.90 Å². The summed E-state index contributed by atoms with van der Waals surface area (Å²) in [6.07, 6.45) is 5.50. The van der Waals surface area contributed by atoms with Gasteiger partial charge in [0, 0.05) is 5.69 Å². The van der Waals surface area contributed by atoms with Gasteiger partial charge in [-0.1, -0.05) is 24.1 Å². The van der Waals surface area contributed by atoms with E-state index in [0.717, 1.165) is 24.5 Å². The standard InChI is InChI=1S/C19H26N4O.HI/c1-15-7-9-16(10-8-15)22-19(20)21-14-17(18-6-5-13-24-18)23-11-3-2-4-12-23;/h5-10,13,17H,2-4,11-12,14H2,1H3,(H3,20,21,22);1H. The van der Waals surface area contributed by atoms with E-state index < -0.39 is 0 Å². The van der Waals surface area contributed by atoms with Gasteiger partial charge < -0.3 is 15.5 Å². The fourth-order valence-electron chi connectivity index (χ4n) is 3.11.